The van der Waals surface area contributed by atoms with Crippen LogP contribution in [0.25, 0.3) is 10.9 Å². The van der Waals surface area contributed by atoms with Crippen LogP contribution >= 0.6 is 0 Å². The van der Waals surface area contributed by atoms with Gasteiger partial charge in [0.1, 0.15) is 11.2 Å². The molecule has 1 aromatic heterocycles. The molecule has 0 amide bonds. The summed E-state index contributed by atoms with van der Waals surface area (Å²) in [5.74, 6) is -0.644. The number of piperidine rings is 1. The van der Waals surface area contributed by atoms with Crippen LogP contribution in [0.5, 0.6) is 5.75 Å². The number of esters is 3. The molecule has 57 heavy (non-hydrogen) atoms. The number of aliphatic hydroxyl groups is 1. The highest BCUT2D eigenvalue weighted by Gasteiger charge is 2.80. The van der Waals surface area contributed by atoms with E-state index in [2.05, 4.69) is 52.1 Å². The van der Waals surface area contributed by atoms with E-state index < -0.39 is 45.9 Å². The number of H-pyrrole nitrogens is 1. The molecule has 3 aromatic rings. The van der Waals surface area contributed by atoms with Crippen molar-refractivity contribution in [3.05, 3.63) is 70.9 Å². The number of fused-ring (bicyclic) bond motifs is 6. The van der Waals surface area contributed by atoms with Crippen molar-refractivity contribution in [2.24, 2.45) is 17.3 Å². The molecule has 6 aliphatic rings. The number of ether oxygens (including phenoxy) is 4. The monoisotopic (exact) mass is 780 g/mol. The molecule has 1 aliphatic carbocycles. The lowest BCUT2D eigenvalue weighted by Crippen LogP contribution is -2.81. The lowest BCUT2D eigenvalue weighted by molar-refractivity contribution is -0.228. The number of likely N-dealkylation sites (N-methyl/N-ethyl adjacent to an activating group) is 1. The Labute approximate surface area is 334 Å². The van der Waals surface area contributed by atoms with Crippen LogP contribution < -0.4 is 9.64 Å². The first kappa shape index (κ1) is 38.1. The molecule has 1 saturated carbocycles. The van der Waals surface area contributed by atoms with Gasteiger partial charge < -0.3 is 38.8 Å². The molecule has 12 nitrogen and oxygen atoms in total. The summed E-state index contributed by atoms with van der Waals surface area (Å²) in [6, 6.07) is 11.3. The number of hydrogen-bond acceptors (Lipinski definition) is 11. The van der Waals surface area contributed by atoms with Crippen molar-refractivity contribution >= 4 is 34.5 Å². The zero-order valence-electron chi connectivity index (χ0n) is 34.2. The molecule has 9 rings (SSSR count). The summed E-state index contributed by atoms with van der Waals surface area (Å²) in [5.41, 5.74) is -0.0737. The quantitative estimate of drug-likeness (QED) is 0.209. The molecule has 12 heteroatoms. The number of aromatic nitrogens is 1. The molecule has 2 N–H and O–H groups in total. The van der Waals surface area contributed by atoms with Crippen molar-refractivity contribution in [2.45, 2.75) is 87.5 Å². The van der Waals surface area contributed by atoms with Crippen LogP contribution in [0.4, 0.5) is 5.69 Å². The number of para-hydroxylation sites is 1. The Morgan fingerprint density at radius 1 is 1.00 bits per heavy atom. The highest BCUT2D eigenvalue weighted by atomic mass is 16.6. The number of nitrogens with zero attached hydrogens (tertiary/aromatic N) is 3. The zero-order valence-corrected chi connectivity index (χ0v) is 34.2. The van der Waals surface area contributed by atoms with Gasteiger partial charge in [-0.3, -0.25) is 14.5 Å². The van der Waals surface area contributed by atoms with E-state index in [1.807, 2.05) is 37.1 Å². The second-order valence-electron chi connectivity index (χ2n) is 17.8. The van der Waals surface area contributed by atoms with Gasteiger partial charge >= 0.3 is 17.9 Å². The number of hydrogen-bond donors (Lipinski definition) is 2. The van der Waals surface area contributed by atoms with Crippen molar-refractivity contribution in [1.82, 2.24) is 14.8 Å². The molecule has 2 bridgehead atoms. The predicted octanol–water partition coefficient (Wildman–Crippen LogP) is 4.49. The SMILES string of the molecule is CC[C@]12C=CCN3CC[C@@]4(c5cc([C@@]6(C(=O)OC)C[C@@H]7C[C@H](C)CN(CCc8c6[nH]c6ccccc86)C7)c(OC)cc5N(C)[C@H]4[C@@](O)(C(=O)OC)[C@@H]1OC(C)=O)[C@@H]32. The van der Waals surface area contributed by atoms with Crippen LogP contribution in [0.15, 0.2) is 48.6 Å². The molecule has 1 unspecified atom stereocenters. The third-order valence-corrected chi connectivity index (χ3v) is 15.1. The Balaban J connectivity index is 1.37. The maximum absolute atomic E-state index is 15.2. The predicted molar refractivity (Wildman–Crippen MR) is 214 cm³/mol. The van der Waals surface area contributed by atoms with E-state index in [1.165, 1.54) is 21.1 Å². The number of carbonyl (C=O) groups is 3. The van der Waals surface area contributed by atoms with E-state index in [4.69, 9.17) is 18.9 Å². The zero-order chi connectivity index (χ0) is 40.2. The smallest absolute Gasteiger partial charge is 0.344 e. The number of carbonyl (C=O) groups excluding carboxylic acids is 3. The van der Waals surface area contributed by atoms with Gasteiger partial charge in [0.25, 0.3) is 0 Å². The molecule has 10 atom stereocenters. The molecule has 1 spiro atoms. The van der Waals surface area contributed by atoms with Crippen LogP contribution in [0.1, 0.15) is 68.8 Å². The number of benzene rings is 2. The van der Waals surface area contributed by atoms with Gasteiger partial charge in [-0.15, -0.1) is 0 Å². The third kappa shape index (κ3) is 4.92. The van der Waals surface area contributed by atoms with Gasteiger partial charge in [-0.25, -0.2) is 4.79 Å². The molecule has 0 radical (unpaired) electrons. The number of methoxy groups -OCH3 is 3. The molecular formula is C45H56N4O8. The van der Waals surface area contributed by atoms with E-state index in [0.29, 0.717) is 49.6 Å². The van der Waals surface area contributed by atoms with Gasteiger partial charge in [-0.1, -0.05) is 44.2 Å². The van der Waals surface area contributed by atoms with Crippen molar-refractivity contribution in [3.63, 3.8) is 0 Å². The lowest BCUT2D eigenvalue weighted by atomic mass is 9.47. The summed E-state index contributed by atoms with van der Waals surface area (Å²) >= 11 is 0. The summed E-state index contributed by atoms with van der Waals surface area (Å²) in [6.45, 7) is 9.78. The van der Waals surface area contributed by atoms with Crippen LogP contribution in [0.2, 0.25) is 0 Å². The van der Waals surface area contributed by atoms with Gasteiger partial charge in [0, 0.05) is 90.9 Å². The number of rotatable bonds is 6. The highest BCUT2D eigenvalue weighted by Crippen LogP contribution is 2.68. The van der Waals surface area contributed by atoms with Crippen molar-refractivity contribution < 1.29 is 38.4 Å². The van der Waals surface area contributed by atoms with Gasteiger partial charge in [0.05, 0.1) is 27.4 Å². The second-order valence-corrected chi connectivity index (χ2v) is 17.8. The average molecular weight is 781 g/mol. The van der Waals surface area contributed by atoms with Crippen molar-refractivity contribution in [1.29, 1.82) is 0 Å². The first-order valence-corrected chi connectivity index (χ1v) is 20.6. The summed E-state index contributed by atoms with van der Waals surface area (Å²) in [5, 5.41) is 14.4. The van der Waals surface area contributed by atoms with Crippen LogP contribution in [-0.2, 0) is 45.8 Å². The average Bonchev–Trinajstić information content (AvgIpc) is 3.87. The van der Waals surface area contributed by atoms with E-state index in [0.717, 1.165) is 65.9 Å². The Morgan fingerprint density at radius 3 is 2.49 bits per heavy atom. The second kappa shape index (κ2) is 13.3. The fourth-order valence-corrected chi connectivity index (χ4v) is 13.4. The topological polar surface area (TPSA) is 134 Å². The first-order valence-electron chi connectivity index (χ1n) is 20.6. The molecule has 304 valence electrons. The minimum atomic E-state index is -2.27. The fraction of sp³-hybridized carbons (Fsp3) is 0.578. The summed E-state index contributed by atoms with van der Waals surface area (Å²) in [4.78, 5) is 53.3. The Bertz CT molecular complexity index is 2180. The summed E-state index contributed by atoms with van der Waals surface area (Å²) in [7, 11) is 6.27. The van der Waals surface area contributed by atoms with Gasteiger partial charge in [-0.2, -0.15) is 0 Å². The van der Waals surface area contributed by atoms with Gasteiger partial charge in [-0.05, 0) is 73.7 Å². The first-order chi connectivity index (χ1) is 27.3. The summed E-state index contributed by atoms with van der Waals surface area (Å²) < 4.78 is 24.0. The molecule has 3 fully saturated rings. The van der Waals surface area contributed by atoms with E-state index in [1.54, 1.807) is 7.11 Å². The standard InChI is InChI=1S/C45H56N4O8/c1-8-42-15-11-17-49-19-16-43(37(42)49)31-21-32(35(54-5)22-34(31)47(4)38(43)45(53,41(52)56-7)39(42)57-27(3)50)44(40(51)55-6)23-28-20-26(2)24-48(25-28)18-14-30-29-12-9-10-13-33(29)46-36(30)44/h9-13,15,21-22,26,28,37-39,46,53H,8,14,16-20,23-25H2,1-7H3/t26-,28-,37-,38+,39+,42+,43+,44-,45-/m0/s1. The van der Waals surface area contributed by atoms with E-state index in [-0.39, 0.29) is 17.9 Å². The Kier molecular flexibility index (Phi) is 8.92. The maximum atomic E-state index is 15.2. The van der Waals surface area contributed by atoms with Gasteiger partial charge in [0.15, 0.2) is 6.10 Å². The van der Waals surface area contributed by atoms with Crippen LogP contribution in [0.3, 0.4) is 0 Å². The van der Waals surface area contributed by atoms with E-state index >= 15 is 4.79 Å². The lowest BCUT2D eigenvalue weighted by Gasteiger charge is -2.63. The summed E-state index contributed by atoms with van der Waals surface area (Å²) in [6.07, 6.45) is 6.23. The largest absolute Gasteiger partial charge is 0.496 e. The number of aromatic amines is 1. The molecular weight excluding hydrogens is 725 g/mol. The molecule has 5 aliphatic heterocycles. The van der Waals surface area contributed by atoms with Crippen LogP contribution in [-0.4, -0.2) is 123 Å². The Hall–Kier alpha value is -4.39. The maximum Gasteiger partial charge on any atom is 0.344 e. The molecule has 2 saturated heterocycles. The van der Waals surface area contributed by atoms with Crippen molar-refractivity contribution in [3.8, 4) is 5.75 Å². The molecule has 6 heterocycles. The third-order valence-electron chi connectivity index (χ3n) is 15.1. The normalized spacial score (nSPS) is 36.5. The minimum Gasteiger partial charge on any atom is -0.496 e. The number of anilines is 1. The van der Waals surface area contributed by atoms with Crippen molar-refractivity contribution in [2.75, 3.05) is 66.0 Å². The van der Waals surface area contributed by atoms with Gasteiger partial charge in [0.2, 0.25) is 5.60 Å². The Morgan fingerprint density at radius 2 is 1.77 bits per heavy atom. The molecule has 2 aromatic carbocycles. The highest BCUT2D eigenvalue weighted by molar-refractivity contribution is 5.95. The minimum absolute atomic E-state index is 0.179. The number of nitrogens with one attached hydrogen (secondary N) is 1. The van der Waals surface area contributed by atoms with Crippen LogP contribution in [0, 0.1) is 17.3 Å². The van der Waals surface area contributed by atoms with E-state index in [9.17, 15) is 14.7 Å². The fourth-order valence-electron chi connectivity index (χ4n) is 13.4.